The molecule has 0 radical (unpaired) electrons. The smallest absolute Gasteiger partial charge is 0.305 e. The number of benzene rings is 2. The lowest BCUT2D eigenvalue weighted by Crippen LogP contribution is -2.17. The number of carboxylic acid groups (broad SMARTS) is 1. The molecule has 1 aromatic heterocycles. The van der Waals surface area contributed by atoms with E-state index >= 15 is 0 Å². The van der Waals surface area contributed by atoms with Gasteiger partial charge < -0.3 is 15.1 Å². The highest BCUT2D eigenvalue weighted by atomic mass is 31.2. The van der Waals surface area contributed by atoms with Gasteiger partial charge in [0.25, 0.3) is 0 Å². The second-order valence-corrected chi connectivity index (χ2v) is 11.0. The van der Waals surface area contributed by atoms with Crippen LogP contribution < -0.4 is 0 Å². The zero-order valence-corrected chi connectivity index (χ0v) is 20.7. The fourth-order valence-corrected chi connectivity index (χ4v) is 5.24. The molecule has 0 aliphatic heterocycles. The average molecular weight is 498 g/mol. The zero-order valence-electron chi connectivity index (χ0n) is 19.9. The van der Waals surface area contributed by atoms with Gasteiger partial charge in [-0.05, 0) is 47.7 Å². The zero-order chi connectivity index (χ0) is 25.8. The number of carbonyl (C=O) groups is 1. The third kappa shape index (κ3) is 6.73. The topological polar surface area (TPSA) is 108 Å². The number of halogens is 1. The second kappa shape index (κ2) is 11.1. The number of hydrogen-bond donors (Lipinski definition) is 3. The number of aromatic nitrogens is 1. The minimum atomic E-state index is -4.01. The lowest BCUT2D eigenvalue weighted by Gasteiger charge is -2.21. The van der Waals surface area contributed by atoms with Crippen molar-refractivity contribution in [2.45, 2.75) is 39.2 Å². The van der Waals surface area contributed by atoms with Crippen LogP contribution in [-0.4, -0.2) is 38.3 Å². The number of aliphatic hydroxyl groups excluding tert-OH is 1. The molecule has 35 heavy (non-hydrogen) atoms. The standard InChI is InChI=1S/C27H29FNO5P/c1-17(2)26-23(13-14-35(33,34)16-22(30)15-24(31)32)25(19-9-11-21(28)12-10-19)18(3)27(29-26)20-7-5-4-6-8-20/h4-14,17,22,30H,15-16H2,1-3H3,(H,31,32)(H,33,34)/t22-/m0/s1. The van der Waals surface area contributed by atoms with E-state index in [0.29, 0.717) is 11.3 Å². The Hall–Kier alpha value is -3.12. The van der Waals surface area contributed by atoms with Gasteiger partial charge >= 0.3 is 5.97 Å². The van der Waals surface area contributed by atoms with E-state index < -0.39 is 32.0 Å². The van der Waals surface area contributed by atoms with Crippen molar-refractivity contribution in [3.63, 3.8) is 0 Å². The molecular formula is C27H29FNO5P. The number of aliphatic hydroxyl groups is 1. The third-order valence-electron chi connectivity index (χ3n) is 5.59. The van der Waals surface area contributed by atoms with Gasteiger partial charge in [-0.25, -0.2) is 4.39 Å². The van der Waals surface area contributed by atoms with E-state index in [0.717, 1.165) is 33.8 Å². The van der Waals surface area contributed by atoms with Crippen LogP contribution in [0.15, 0.2) is 60.4 Å². The number of pyridine rings is 1. The van der Waals surface area contributed by atoms with E-state index in [2.05, 4.69) is 0 Å². The van der Waals surface area contributed by atoms with Crippen LogP contribution in [0, 0.1) is 12.7 Å². The highest BCUT2D eigenvalue weighted by Crippen LogP contribution is 2.46. The molecule has 6 nitrogen and oxygen atoms in total. The number of aliphatic carboxylic acids is 1. The van der Waals surface area contributed by atoms with Gasteiger partial charge in [0, 0.05) is 16.9 Å². The van der Waals surface area contributed by atoms with Crippen molar-refractivity contribution < 1.29 is 28.9 Å². The molecule has 0 amide bonds. The minimum absolute atomic E-state index is 0.0485. The summed E-state index contributed by atoms with van der Waals surface area (Å²) in [6, 6.07) is 15.7. The van der Waals surface area contributed by atoms with Crippen LogP contribution in [0.2, 0.25) is 0 Å². The molecule has 2 atom stereocenters. The van der Waals surface area contributed by atoms with Crippen LogP contribution in [0.25, 0.3) is 28.5 Å². The summed E-state index contributed by atoms with van der Waals surface area (Å²) >= 11 is 0. The van der Waals surface area contributed by atoms with E-state index in [1.807, 2.05) is 51.1 Å². The Morgan fingerprint density at radius 2 is 1.71 bits per heavy atom. The van der Waals surface area contributed by atoms with E-state index in [1.165, 1.54) is 18.2 Å². The Labute approximate surface area is 204 Å². The minimum Gasteiger partial charge on any atom is -0.481 e. The van der Waals surface area contributed by atoms with Crippen LogP contribution >= 0.6 is 7.37 Å². The van der Waals surface area contributed by atoms with Crippen molar-refractivity contribution in [3.8, 4) is 22.4 Å². The number of rotatable bonds is 9. The Morgan fingerprint density at radius 1 is 1.09 bits per heavy atom. The summed E-state index contributed by atoms with van der Waals surface area (Å²) in [7, 11) is -4.01. The SMILES string of the molecule is Cc1c(-c2ccccc2)nc(C(C)C)c(C=CP(=O)(O)C[C@@H](O)CC(=O)O)c1-c1ccc(F)cc1. The number of nitrogens with zero attached hydrogens (tertiary/aromatic N) is 1. The van der Waals surface area contributed by atoms with Crippen molar-refractivity contribution in [2.75, 3.05) is 6.16 Å². The van der Waals surface area contributed by atoms with Gasteiger partial charge in [-0.3, -0.25) is 14.3 Å². The Balaban J connectivity index is 2.21. The summed E-state index contributed by atoms with van der Waals surface area (Å²) in [5.74, 6) is -0.557. The molecule has 0 saturated heterocycles. The lowest BCUT2D eigenvalue weighted by atomic mass is 9.88. The molecular weight excluding hydrogens is 468 g/mol. The molecule has 0 saturated carbocycles. The Kier molecular flexibility index (Phi) is 8.39. The van der Waals surface area contributed by atoms with Gasteiger partial charge in [-0.2, -0.15) is 0 Å². The maximum absolute atomic E-state index is 13.7. The maximum atomic E-state index is 13.7. The molecule has 1 unspecified atom stereocenters. The van der Waals surface area contributed by atoms with Crippen molar-refractivity contribution in [3.05, 3.63) is 83.1 Å². The monoisotopic (exact) mass is 497 g/mol. The molecule has 0 aliphatic carbocycles. The van der Waals surface area contributed by atoms with Gasteiger partial charge in [0.2, 0.25) is 7.37 Å². The van der Waals surface area contributed by atoms with E-state index in [9.17, 15) is 23.7 Å². The number of carboxylic acids is 1. The van der Waals surface area contributed by atoms with Crippen molar-refractivity contribution in [2.24, 2.45) is 0 Å². The molecule has 1 heterocycles. The van der Waals surface area contributed by atoms with Gasteiger partial charge in [0.15, 0.2) is 0 Å². The molecule has 184 valence electrons. The van der Waals surface area contributed by atoms with E-state index in [1.54, 1.807) is 12.1 Å². The van der Waals surface area contributed by atoms with Crippen LogP contribution in [0.4, 0.5) is 4.39 Å². The highest BCUT2D eigenvalue weighted by molar-refractivity contribution is 7.61. The molecule has 2 aromatic carbocycles. The Bertz CT molecular complexity index is 1270. The lowest BCUT2D eigenvalue weighted by molar-refractivity contribution is -0.138. The molecule has 3 aromatic rings. The fraction of sp³-hybridized carbons (Fsp3) is 0.259. The quantitative estimate of drug-likeness (QED) is 0.310. The average Bonchev–Trinajstić information content (AvgIpc) is 2.78. The predicted octanol–water partition coefficient (Wildman–Crippen LogP) is 6.06. The van der Waals surface area contributed by atoms with E-state index in [4.69, 9.17) is 10.1 Å². The van der Waals surface area contributed by atoms with Crippen LogP contribution in [-0.2, 0) is 9.36 Å². The summed E-state index contributed by atoms with van der Waals surface area (Å²) in [5.41, 5.74) is 5.28. The van der Waals surface area contributed by atoms with Crippen molar-refractivity contribution in [1.29, 1.82) is 0 Å². The molecule has 0 bridgehead atoms. The van der Waals surface area contributed by atoms with Gasteiger partial charge in [-0.1, -0.05) is 56.3 Å². The van der Waals surface area contributed by atoms with E-state index in [-0.39, 0.29) is 11.7 Å². The molecule has 0 aliphatic rings. The summed E-state index contributed by atoms with van der Waals surface area (Å²) in [6.45, 7) is 5.84. The van der Waals surface area contributed by atoms with Crippen LogP contribution in [0.1, 0.15) is 43.0 Å². The van der Waals surface area contributed by atoms with Gasteiger partial charge in [-0.15, -0.1) is 0 Å². The second-order valence-electron chi connectivity index (χ2n) is 8.79. The molecule has 8 heteroatoms. The highest BCUT2D eigenvalue weighted by Gasteiger charge is 2.24. The summed E-state index contributed by atoms with van der Waals surface area (Å²) in [5, 5.41) is 18.7. The maximum Gasteiger partial charge on any atom is 0.305 e. The predicted molar refractivity (Wildman–Crippen MR) is 136 cm³/mol. The first-order valence-corrected chi connectivity index (χ1v) is 13.2. The van der Waals surface area contributed by atoms with Crippen LogP contribution in [0.5, 0.6) is 0 Å². The molecule has 0 spiro atoms. The fourth-order valence-electron chi connectivity index (χ4n) is 4.01. The molecule has 3 rings (SSSR count). The van der Waals surface area contributed by atoms with Crippen molar-refractivity contribution in [1.82, 2.24) is 4.98 Å². The van der Waals surface area contributed by atoms with Crippen molar-refractivity contribution >= 4 is 19.4 Å². The molecule has 0 fully saturated rings. The van der Waals surface area contributed by atoms with Gasteiger partial charge in [0.1, 0.15) is 5.82 Å². The van der Waals surface area contributed by atoms with Crippen LogP contribution in [0.3, 0.4) is 0 Å². The molecule has 3 N–H and O–H groups in total. The normalized spacial score (nSPS) is 14.3. The van der Waals surface area contributed by atoms with Gasteiger partial charge in [0.05, 0.1) is 30.1 Å². The Morgan fingerprint density at radius 3 is 2.29 bits per heavy atom. The summed E-state index contributed by atoms with van der Waals surface area (Å²) in [4.78, 5) is 26.2. The third-order valence-corrected chi connectivity index (χ3v) is 7.15. The first kappa shape index (κ1) is 26.5. The largest absolute Gasteiger partial charge is 0.481 e. The first-order valence-electron chi connectivity index (χ1n) is 11.2. The summed E-state index contributed by atoms with van der Waals surface area (Å²) < 4.78 is 26.5. The number of hydrogen-bond acceptors (Lipinski definition) is 4. The summed E-state index contributed by atoms with van der Waals surface area (Å²) in [6.07, 6.45) is -1.14. The first-order chi connectivity index (χ1) is 16.5.